The molecule has 1 aromatic carbocycles. The van der Waals surface area contributed by atoms with Crippen LogP contribution in [0.1, 0.15) is 62.5 Å². The second kappa shape index (κ2) is 8.15. The van der Waals surface area contributed by atoms with E-state index in [0.717, 1.165) is 32.1 Å². The summed E-state index contributed by atoms with van der Waals surface area (Å²) in [5.41, 5.74) is 2.90. The summed E-state index contributed by atoms with van der Waals surface area (Å²) in [7, 11) is 1.84. The number of nitrogens with zero attached hydrogens (tertiary/aromatic N) is 1. The van der Waals surface area contributed by atoms with Crippen molar-refractivity contribution in [3.05, 3.63) is 47.5 Å². The smallest absolute Gasteiger partial charge is 0.0908 e. The molecule has 2 heteroatoms. The number of methoxy groups -OCH3 is 1. The first-order chi connectivity index (χ1) is 10.7. The number of ether oxygens (including phenoxy) is 1. The molecule has 1 aromatic rings. The molecule has 1 aliphatic rings. The first-order valence-corrected chi connectivity index (χ1v) is 8.41. The van der Waals surface area contributed by atoms with Crippen molar-refractivity contribution < 1.29 is 4.74 Å². The van der Waals surface area contributed by atoms with Crippen molar-refractivity contribution >= 4 is 0 Å². The lowest BCUT2D eigenvalue weighted by atomic mass is 9.74. The molecule has 0 aliphatic heterocycles. The van der Waals surface area contributed by atoms with E-state index >= 15 is 0 Å². The molecule has 0 unspecified atom stereocenters. The van der Waals surface area contributed by atoms with Gasteiger partial charge in [-0.15, -0.1) is 0 Å². The van der Waals surface area contributed by atoms with E-state index in [1.165, 1.54) is 24.0 Å². The van der Waals surface area contributed by atoms with E-state index in [0.29, 0.717) is 5.92 Å². The minimum absolute atomic E-state index is 0.0135. The highest BCUT2D eigenvalue weighted by Crippen LogP contribution is 2.42. The first kappa shape index (κ1) is 16.8. The molecule has 1 saturated carbocycles. The van der Waals surface area contributed by atoms with Crippen LogP contribution in [0.3, 0.4) is 0 Å². The molecule has 22 heavy (non-hydrogen) atoms. The number of hydrogen-bond acceptors (Lipinski definition) is 2. The average Bonchev–Trinajstić information content (AvgIpc) is 2.59. The third-order valence-corrected chi connectivity index (χ3v) is 5.15. The van der Waals surface area contributed by atoms with Gasteiger partial charge in [-0.25, -0.2) is 0 Å². The van der Waals surface area contributed by atoms with Gasteiger partial charge in [-0.2, -0.15) is 5.26 Å². The van der Waals surface area contributed by atoms with E-state index < -0.39 is 0 Å². The number of allylic oxidation sites excluding steroid dienone is 2. The fraction of sp³-hybridized carbons (Fsp3) is 0.550. The maximum Gasteiger partial charge on any atom is 0.0908 e. The summed E-state index contributed by atoms with van der Waals surface area (Å²) in [6, 6.07) is 11.2. The Hall–Kier alpha value is -1.59. The van der Waals surface area contributed by atoms with E-state index in [-0.39, 0.29) is 5.60 Å². The molecule has 0 radical (unpaired) electrons. The van der Waals surface area contributed by atoms with Crippen LogP contribution in [0.5, 0.6) is 0 Å². The highest BCUT2D eigenvalue weighted by molar-refractivity contribution is 5.26. The van der Waals surface area contributed by atoms with Crippen LogP contribution in [-0.4, -0.2) is 12.7 Å². The Bertz CT molecular complexity index is 516. The predicted octanol–water partition coefficient (Wildman–Crippen LogP) is 5.15. The molecule has 0 heterocycles. The minimum atomic E-state index is 0.0135. The van der Waals surface area contributed by atoms with Crippen LogP contribution in [-0.2, 0) is 11.2 Å². The van der Waals surface area contributed by atoms with Gasteiger partial charge in [0.2, 0.25) is 0 Å². The molecule has 1 fully saturated rings. The van der Waals surface area contributed by atoms with Gasteiger partial charge < -0.3 is 4.74 Å². The van der Waals surface area contributed by atoms with Crippen LogP contribution in [0.2, 0.25) is 0 Å². The Morgan fingerprint density at radius 2 is 1.95 bits per heavy atom. The summed E-state index contributed by atoms with van der Waals surface area (Å²) < 4.78 is 5.86. The maximum atomic E-state index is 8.55. The largest absolute Gasteiger partial charge is 0.378 e. The molecule has 2 nitrogen and oxygen atoms in total. The Kier molecular flexibility index (Phi) is 6.21. The minimum Gasteiger partial charge on any atom is -0.378 e. The zero-order valence-corrected chi connectivity index (χ0v) is 13.8. The lowest BCUT2D eigenvalue weighted by Crippen LogP contribution is -2.35. The molecule has 0 spiro atoms. The van der Waals surface area contributed by atoms with Crippen LogP contribution >= 0.6 is 0 Å². The third-order valence-electron chi connectivity index (χ3n) is 5.15. The summed E-state index contributed by atoms with van der Waals surface area (Å²) in [6.45, 7) is 2.20. The van der Waals surface area contributed by atoms with Crippen molar-refractivity contribution in [1.82, 2.24) is 0 Å². The molecule has 2 rings (SSSR count). The van der Waals surface area contributed by atoms with E-state index in [2.05, 4.69) is 37.3 Å². The van der Waals surface area contributed by atoms with E-state index in [4.69, 9.17) is 10.00 Å². The zero-order chi connectivity index (χ0) is 15.8. The van der Waals surface area contributed by atoms with Crippen molar-refractivity contribution in [3.63, 3.8) is 0 Å². The van der Waals surface area contributed by atoms with Gasteiger partial charge in [0.1, 0.15) is 0 Å². The molecule has 0 N–H and O–H groups in total. The highest BCUT2D eigenvalue weighted by atomic mass is 16.5. The van der Waals surface area contributed by atoms with Gasteiger partial charge in [-0.05, 0) is 62.0 Å². The molecular formula is C20H27NO. The lowest BCUT2D eigenvalue weighted by molar-refractivity contribution is -0.0483. The molecular weight excluding hydrogens is 270 g/mol. The first-order valence-electron chi connectivity index (χ1n) is 8.41. The number of aryl methyl sites for hydroxylation is 1. The normalized spacial score (nSPS) is 25.2. The number of nitriles is 1. The lowest BCUT2D eigenvalue weighted by Gasteiger charge is -2.39. The summed E-state index contributed by atoms with van der Waals surface area (Å²) in [5, 5.41) is 8.55. The molecule has 0 aromatic heterocycles. The summed E-state index contributed by atoms with van der Waals surface area (Å²) in [5.74, 6) is 0.670. The summed E-state index contributed by atoms with van der Waals surface area (Å²) >= 11 is 0. The van der Waals surface area contributed by atoms with Gasteiger partial charge >= 0.3 is 0 Å². The van der Waals surface area contributed by atoms with Gasteiger partial charge in [0.25, 0.3) is 0 Å². The van der Waals surface area contributed by atoms with E-state index in [1.807, 2.05) is 13.2 Å². The van der Waals surface area contributed by atoms with Gasteiger partial charge in [0, 0.05) is 13.2 Å². The van der Waals surface area contributed by atoms with Crippen LogP contribution in [0.15, 0.2) is 36.4 Å². The Morgan fingerprint density at radius 3 is 2.50 bits per heavy atom. The topological polar surface area (TPSA) is 33.0 Å². The van der Waals surface area contributed by atoms with Crippen molar-refractivity contribution in [2.24, 2.45) is 0 Å². The molecule has 0 amide bonds. The molecule has 118 valence electrons. The van der Waals surface area contributed by atoms with Crippen molar-refractivity contribution in [2.45, 2.75) is 63.4 Å². The number of benzene rings is 1. The van der Waals surface area contributed by atoms with E-state index in [9.17, 15) is 0 Å². The van der Waals surface area contributed by atoms with Crippen molar-refractivity contribution in [3.8, 4) is 6.07 Å². The fourth-order valence-electron chi connectivity index (χ4n) is 3.54. The van der Waals surface area contributed by atoms with Gasteiger partial charge in [-0.1, -0.05) is 37.3 Å². The van der Waals surface area contributed by atoms with Gasteiger partial charge in [-0.3, -0.25) is 0 Å². The van der Waals surface area contributed by atoms with Crippen LogP contribution in [0, 0.1) is 11.3 Å². The van der Waals surface area contributed by atoms with Crippen LogP contribution in [0.4, 0.5) is 0 Å². The Labute approximate surface area is 134 Å². The van der Waals surface area contributed by atoms with Gasteiger partial charge in [0.15, 0.2) is 0 Å². The molecule has 1 aliphatic carbocycles. The summed E-state index contributed by atoms with van der Waals surface area (Å²) in [4.78, 5) is 0. The average molecular weight is 297 g/mol. The standard InChI is InChI=1S/C20H27NO/c1-3-17-7-9-18(10-8-17)19-11-14-20(22-2,15-12-19)13-5-4-6-16-21/h4,6-10,19H,3,5,11-15H2,1-2H3/t19-,20+. The maximum absolute atomic E-state index is 8.55. The number of hydrogen-bond donors (Lipinski definition) is 0. The van der Waals surface area contributed by atoms with Crippen molar-refractivity contribution in [2.75, 3.05) is 7.11 Å². The highest BCUT2D eigenvalue weighted by Gasteiger charge is 2.34. The molecule has 0 saturated heterocycles. The Morgan fingerprint density at radius 1 is 1.27 bits per heavy atom. The second-order valence-electron chi connectivity index (χ2n) is 6.33. The molecule has 0 atom stereocenters. The van der Waals surface area contributed by atoms with Crippen LogP contribution in [0.25, 0.3) is 0 Å². The molecule has 0 bridgehead atoms. The zero-order valence-electron chi connectivity index (χ0n) is 13.8. The third kappa shape index (κ3) is 4.21. The fourth-order valence-corrected chi connectivity index (χ4v) is 3.54. The monoisotopic (exact) mass is 297 g/mol. The van der Waals surface area contributed by atoms with Crippen molar-refractivity contribution in [1.29, 1.82) is 5.26 Å². The predicted molar refractivity (Wildman–Crippen MR) is 90.8 cm³/mol. The van der Waals surface area contributed by atoms with Crippen LogP contribution < -0.4 is 0 Å². The number of rotatable bonds is 6. The second-order valence-corrected chi connectivity index (χ2v) is 6.33. The van der Waals surface area contributed by atoms with E-state index in [1.54, 1.807) is 6.08 Å². The summed E-state index contributed by atoms with van der Waals surface area (Å²) in [6.07, 6.45) is 11.2. The Balaban J connectivity index is 1.92. The SMILES string of the molecule is CCc1ccc([C@H]2CC[C@@](CCC=CC#N)(OC)CC2)cc1. The van der Waals surface area contributed by atoms with Gasteiger partial charge in [0.05, 0.1) is 11.7 Å². The quantitative estimate of drug-likeness (QED) is 0.680.